The van der Waals surface area contributed by atoms with E-state index in [0.29, 0.717) is 5.92 Å². The van der Waals surface area contributed by atoms with Crippen molar-refractivity contribution < 1.29 is 9.84 Å². The van der Waals surface area contributed by atoms with E-state index in [1.165, 1.54) is 16.6 Å². The number of likely N-dealkylation sites (tertiary alicyclic amines) is 1. The van der Waals surface area contributed by atoms with Gasteiger partial charge in [-0.15, -0.1) is 0 Å². The average Bonchev–Trinajstić information content (AvgIpc) is 3.05. The Morgan fingerprint density at radius 2 is 2.18 bits per heavy atom. The standard InChI is InChI=1S/C18H26N2O2/c1-12-15-9-14(22-4)5-6-16(15)19-17(12)11-20-8-7-13(10-20)18(2,3)21/h5-6,9,13,19,21H,7-8,10-11H2,1-4H3/t13-/m1/s1. The van der Waals surface area contributed by atoms with Gasteiger partial charge in [0.1, 0.15) is 5.75 Å². The van der Waals surface area contributed by atoms with Gasteiger partial charge < -0.3 is 14.8 Å². The number of aliphatic hydroxyl groups is 1. The summed E-state index contributed by atoms with van der Waals surface area (Å²) < 4.78 is 5.32. The van der Waals surface area contributed by atoms with Crippen LogP contribution in [0.5, 0.6) is 5.75 Å². The van der Waals surface area contributed by atoms with E-state index in [0.717, 1.165) is 37.3 Å². The van der Waals surface area contributed by atoms with Crippen molar-refractivity contribution >= 4 is 10.9 Å². The largest absolute Gasteiger partial charge is 0.497 e. The molecule has 0 aliphatic carbocycles. The Morgan fingerprint density at radius 3 is 2.82 bits per heavy atom. The van der Waals surface area contributed by atoms with Crippen LogP contribution >= 0.6 is 0 Å². The van der Waals surface area contributed by atoms with Crippen molar-refractivity contribution in [3.63, 3.8) is 0 Å². The number of nitrogens with zero attached hydrogens (tertiary/aromatic N) is 1. The third-order valence-corrected chi connectivity index (χ3v) is 5.02. The number of benzene rings is 1. The summed E-state index contributed by atoms with van der Waals surface area (Å²) in [6.07, 6.45) is 1.07. The SMILES string of the molecule is COc1ccc2[nH]c(CN3CC[C@@H](C(C)(C)O)C3)c(C)c2c1. The molecule has 0 unspecified atom stereocenters. The molecule has 1 fully saturated rings. The van der Waals surface area contributed by atoms with Gasteiger partial charge in [-0.2, -0.15) is 0 Å². The molecule has 1 aromatic carbocycles. The molecule has 0 amide bonds. The number of methoxy groups -OCH3 is 1. The topological polar surface area (TPSA) is 48.5 Å². The molecule has 1 aromatic heterocycles. The summed E-state index contributed by atoms with van der Waals surface area (Å²) in [5, 5.41) is 11.4. The zero-order valence-corrected chi connectivity index (χ0v) is 13.9. The summed E-state index contributed by atoms with van der Waals surface area (Å²) in [4.78, 5) is 5.96. The van der Waals surface area contributed by atoms with Crippen molar-refractivity contribution in [1.82, 2.24) is 9.88 Å². The Bertz CT molecular complexity index is 670. The molecule has 1 aliphatic heterocycles. The number of H-pyrrole nitrogens is 1. The van der Waals surface area contributed by atoms with Gasteiger partial charge in [0, 0.05) is 35.6 Å². The normalized spacial score (nSPS) is 20.0. The lowest BCUT2D eigenvalue weighted by Crippen LogP contribution is -2.33. The molecule has 4 nitrogen and oxygen atoms in total. The smallest absolute Gasteiger partial charge is 0.119 e. The van der Waals surface area contributed by atoms with Crippen LogP contribution in [-0.2, 0) is 6.54 Å². The number of aryl methyl sites for hydroxylation is 1. The first-order chi connectivity index (χ1) is 10.4. The second-order valence-corrected chi connectivity index (χ2v) is 7.01. The van der Waals surface area contributed by atoms with Crippen LogP contribution in [0.1, 0.15) is 31.5 Å². The van der Waals surface area contributed by atoms with Gasteiger partial charge in [-0.3, -0.25) is 4.90 Å². The highest BCUT2D eigenvalue weighted by molar-refractivity contribution is 5.85. The molecule has 2 heterocycles. The van der Waals surface area contributed by atoms with Crippen LogP contribution in [-0.4, -0.2) is 40.8 Å². The summed E-state index contributed by atoms with van der Waals surface area (Å²) >= 11 is 0. The highest BCUT2D eigenvalue weighted by Gasteiger charge is 2.33. The number of rotatable bonds is 4. The molecule has 1 aliphatic rings. The molecule has 2 N–H and O–H groups in total. The molecular formula is C18H26N2O2. The Hall–Kier alpha value is -1.52. The highest BCUT2D eigenvalue weighted by Crippen LogP contribution is 2.30. The van der Waals surface area contributed by atoms with E-state index >= 15 is 0 Å². The molecular weight excluding hydrogens is 276 g/mol. The first-order valence-corrected chi connectivity index (χ1v) is 7.98. The van der Waals surface area contributed by atoms with Gasteiger partial charge in [0.05, 0.1) is 12.7 Å². The second kappa shape index (κ2) is 5.60. The van der Waals surface area contributed by atoms with Gasteiger partial charge in [-0.05, 0) is 57.5 Å². The summed E-state index contributed by atoms with van der Waals surface area (Å²) in [6, 6.07) is 6.16. The molecule has 1 atom stereocenters. The number of aromatic nitrogens is 1. The maximum absolute atomic E-state index is 10.2. The number of hydrogen-bond donors (Lipinski definition) is 2. The first-order valence-electron chi connectivity index (χ1n) is 7.98. The lowest BCUT2D eigenvalue weighted by atomic mass is 9.90. The first kappa shape index (κ1) is 15.4. The maximum atomic E-state index is 10.2. The lowest BCUT2D eigenvalue weighted by molar-refractivity contribution is 0.0207. The van der Waals surface area contributed by atoms with Gasteiger partial charge in [-0.1, -0.05) is 0 Å². The van der Waals surface area contributed by atoms with Crippen LogP contribution in [0.4, 0.5) is 0 Å². The maximum Gasteiger partial charge on any atom is 0.119 e. The summed E-state index contributed by atoms with van der Waals surface area (Å²) in [5.41, 5.74) is 3.13. The fourth-order valence-electron chi connectivity index (χ4n) is 3.42. The zero-order chi connectivity index (χ0) is 15.9. The van der Waals surface area contributed by atoms with Crippen LogP contribution in [0.25, 0.3) is 10.9 Å². The molecule has 3 rings (SSSR count). The average molecular weight is 302 g/mol. The van der Waals surface area contributed by atoms with Crippen LogP contribution in [0.15, 0.2) is 18.2 Å². The van der Waals surface area contributed by atoms with Gasteiger partial charge in [0.25, 0.3) is 0 Å². The van der Waals surface area contributed by atoms with Crippen LogP contribution in [0.3, 0.4) is 0 Å². The van der Waals surface area contributed by atoms with E-state index in [4.69, 9.17) is 4.74 Å². The third-order valence-electron chi connectivity index (χ3n) is 5.02. The molecule has 0 bridgehead atoms. The summed E-state index contributed by atoms with van der Waals surface area (Å²) in [6.45, 7) is 8.92. The quantitative estimate of drug-likeness (QED) is 0.912. The number of nitrogens with one attached hydrogen (secondary N) is 1. The molecule has 2 aromatic rings. The van der Waals surface area contributed by atoms with Crippen molar-refractivity contribution in [2.75, 3.05) is 20.2 Å². The molecule has 0 radical (unpaired) electrons. The fraction of sp³-hybridized carbons (Fsp3) is 0.556. The monoisotopic (exact) mass is 302 g/mol. The molecule has 0 spiro atoms. The van der Waals surface area contributed by atoms with Crippen molar-refractivity contribution in [2.24, 2.45) is 5.92 Å². The van der Waals surface area contributed by atoms with Crippen molar-refractivity contribution in [3.05, 3.63) is 29.5 Å². The van der Waals surface area contributed by atoms with Gasteiger partial charge in [0.2, 0.25) is 0 Å². The summed E-state index contributed by atoms with van der Waals surface area (Å²) in [7, 11) is 1.70. The van der Waals surface area contributed by atoms with Gasteiger partial charge >= 0.3 is 0 Å². The van der Waals surface area contributed by atoms with Crippen LogP contribution in [0, 0.1) is 12.8 Å². The van der Waals surface area contributed by atoms with E-state index < -0.39 is 5.60 Å². The number of fused-ring (bicyclic) bond motifs is 1. The zero-order valence-electron chi connectivity index (χ0n) is 13.9. The van der Waals surface area contributed by atoms with E-state index in [2.05, 4.69) is 28.9 Å². The minimum atomic E-state index is -0.586. The second-order valence-electron chi connectivity index (χ2n) is 7.01. The number of hydrogen-bond acceptors (Lipinski definition) is 3. The van der Waals surface area contributed by atoms with Crippen molar-refractivity contribution in [2.45, 2.75) is 39.3 Å². The predicted molar refractivity (Wildman–Crippen MR) is 89.3 cm³/mol. The van der Waals surface area contributed by atoms with Crippen LogP contribution < -0.4 is 4.74 Å². The Balaban J connectivity index is 1.79. The molecule has 120 valence electrons. The van der Waals surface area contributed by atoms with Crippen molar-refractivity contribution in [3.8, 4) is 5.75 Å². The van der Waals surface area contributed by atoms with Gasteiger partial charge in [-0.25, -0.2) is 0 Å². The molecule has 22 heavy (non-hydrogen) atoms. The predicted octanol–water partition coefficient (Wildman–Crippen LogP) is 3.08. The van der Waals surface area contributed by atoms with E-state index in [1.54, 1.807) is 7.11 Å². The Morgan fingerprint density at radius 1 is 1.41 bits per heavy atom. The van der Waals surface area contributed by atoms with Crippen molar-refractivity contribution in [1.29, 1.82) is 0 Å². The van der Waals surface area contributed by atoms with E-state index in [1.807, 2.05) is 19.9 Å². The van der Waals surface area contributed by atoms with Crippen LogP contribution in [0.2, 0.25) is 0 Å². The fourth-order valence-corrected chi connectivity index (χ4v) is 3.42. The lowest BCUT2D eigenvalue weighted by Gasteiger charge is -2.25. The van der Waals surface area contributed by atoms with Gasteiger partial charge in [0.15, 0.2) is 0 Å². The van der Waals surface area contributed by atoms with E-state index in [9.17, 15) is 5.11 Å². The molecule has 0 saturated carbocycles. The summed E-state index contributed by atoms with van der Waals surface area (Å²) in [5.74, 6) is 1.25. The highest BCUT2D eigenvalue weighted by atomic mass is 16.5. The third kappa shape index (κ3) is 2.85. The number of ether oxygens (including phenoxy) is 1. The van der Waals surface area contributed by atoms with E-state index in [-0.39, 0.29) is 0 Å². The molecule has 4 heteroatoms. The molecule has 1 saturated heterocycles. The minimum Gasteiger partial charge on any atom is -0.497 e. The minimum absolute atomic E-state index is 0.359. The Labute approximate surface area is 132 Å². The number of aromatic amines is 1. The Kier molecular flexibility index (Phi) is 3.91.